The molecule has 0 radical (unpaired) electrons. The lowest BCUT2D eigenvalue weighted by atomic mass is 10.1. The fraction of sp³-hybridized carbons (Fsp3) is 0.385. The predicted molar refractivity (Wildman–Crippen MR) is 69.7 cm³/mol. The molecular weight excluding hydrogens is 218 g/mol. The first-order chi connectivity index (χ1) is 7.63. The van der Waals surface area contributed by atoms with Crippen molar-refractivity contribution >= 4 is 28.8 Å². The summed E-state index contributed by atoms with van der Waals surface area (Å²) in [6.07, 6.45) is 1.58. The van der Waals surface area contributed by atoms with Crippen LogP contribution in [-0.2, 0) is 4.79 Å². The molecule has 3 heteroatoms. The Hall–Kier alpha value is -1.22. The molecule has 0 saturated carbocycles. The minimum Gasteiger partial charge on any atom is -0.275 e. The standard InChI is InChI=1S/C13H15NOS/c1-3-10-8-12(16)14(13(10)15)11-6-4-5-9(2)7-11/h4-7,10H,3,8H2,1-2H3. The number of carbonyl (C=O) groups excluding carboxylic acids is 1. The minimum absolute atomic E-state index is 0.0769. The number of rotatable bonds is 2. The van der Waals surface area contributed by atoms with Gasteiger partial charge in [0.2, 0.25) is 5.91 Å². The third-order valence-electron chi connectivity index (χ3n) is 2.99. The Morgan fingerprint density at radius 2 is 2.25 bits per heavy atom. The maximum atomic E-state index is 12.1. The molecule has 0 aliphatic carbocycles. The van der Waals surface area contributed by atoms with Crippen LogP contribution in [0.1, 0.15) is 25.3 Å². The van der Waals surface area contributed by atoms with Gasteiger partial charge in [0.15, 0.2) is 0 Å². The molecule has 1 amide bonds. The second-order valence-electron chi connectivity index (χ2n) is 4.22. The number of thiocarbonyl (C=S) groups is 1. The summed E-state index contributed by atoms with van der Waals surface area (Å²) in [6.45, 7) is 4.05. The summed E-state index contributed by atoms with van der Waals surface area (Å²) in [5.74, 6) is 0.228. The Balaban J connectivity index is 2.34. The molecule has 0 bridgehead atoms. The van der Waals surface area contributed by atoms with E-state index in [1.807, 2.05) is 38.1 Å². The molecule has 1 fully saturated rings. The first-order valence-electron chi connectivity index (χ1n) is 5.57. The fourth-order valence-electron chi connectivity index (χ4n) is 2.05. The molecule has 0 N–H and O–H groups in total. The van der Waals surface area contributed by atoms with Crippen molar-refractivity contribution in [2.75, 3.05) is 4.90 Å². The maximum absolute atomic E-state index is 12.1. The lowest BCUT2D eigenvalue weighted by molar-refractivity contribution is -0.120. The molecule has 2 nitrogen and oxygen atoms in total. The lowest BCUT2D eigenvalue weighted by Gasteiger charge is -2.17. The SMILES string of the molecule is CCC1CC(=S)N(c2cccc(C)c2)C1=O. The average molecular weight is 233 g/mol. The molecule has 1 heterocycles. The van der Waals surface area contributed by atoms with Gasteiger partial charge in [0.25, 0.3) is 0 Å². The van der Waals surface area contributed by atoms with Gasteiger partial charge in [0.05, 0.1) is 4.99 Å². The van der Waals surface area contributed by atoms with Crippen molar-refractivity contribution in [1.82, 2.24) is 0 Å². The van der Waals surface area contributed by atoms with Gasteiger partial charge >= 0.3 is 0 Å². The van der Waals surface area contributed by atoms with Crippen LogP contribution >= 0.6 is 12.2 Å². The number of anilines is 1. The summed E-state index contributed by atoms with van der Waals surface area (Å²) >= 11 is 5.29. The zero-order valence-electron chi connectivity index (χ0n) is 9.56. The second kappa shape index (κ2) is 4.34. The van der Waals surface area contributed by atoms with Crippen LogP contribution in [0.5, 0.6) is 0 Å². The molecule has 1 saturated heterocycles. The number of benzene rings is 1. The van der Waals surface area contributed by atoms with Gasteiger partial charge in [-0.25, -0.2) is 0 Å². The van der Waals surface area contributed by atoms with E-state index in [1.165, 1.54) is 0 Å². The van der Waals surface area contributed by atoms with Crippen LogP contribution in [-0.4, -0.2) is 10.9 Å². The summed E-state index contributed by atoms with van der Waals surface area (Å²) in [7, 11) is 0. The Morgan fingerprint density at radius 3 is 2.81 bits per heavy atom. The van der Waals surface area contributed by atoms with Gasteiger partial charge < -0.3 is 0 Å². The summed E-state index contributed by atoms with van der Waals surface area (Å²) < 4.78 is 0. The Morgan fingerprint density at radius 1 is 1.50 bits per heavy atom. The first kappa shape index (κ1) is 11.3. The van der Waals surface area contributed by atoms with Gasteiger partial charge in [-0.3, -0.25) is 9.69 Å². The zero-order valence-corrected chi connectivity index (χ0v) is 10.4. The van der Waals surface area contributed by atoms with E-state index in [9.17, 15) is 4.79 Å². The van der Waals surface area contributed by atoms with Gasteiger partial charge in [-0.05, 0) is 31.0 Å². The van der Waals surface area contributed by atoms with Crippen LogP contribution in [0.15, 0.2) is 24.3 Å². The van der Waals surface area contributed by atoms with Gasteiger partial charge in [-0.2, -0.15) is 0 Å². The van der Waals surface area contributed by atoms with Crippen LogP contribution in [0.3, 0.4) is 0 Å². The zero-order chi connectivity index (χ0) is 11.7. The monoisotopic (exact) mass is 233 g/mol. The molecule has 1 atom stereocenters. The van der Waals surface area contributed by atoms with Crippen molar-refractivity contribution in [1.29, 1.82) is 0 Å². The normalized spacial score (nSPS) is 20.6. The van der Waals surface area contributed by atoms with Gasteiger partial charge in [0.1, 0.15) is 0 Å². The lowest BCUT2D eigenvalue weighted by Crippen LogP contribution is -2.29. The number of hydrogen-bond acceptors (Lipinski definition) is 2. The van der Waals surface area contributed by atoms with Crippen LogP contribution in [0.2, 0.25) is 0 Å². The Bertz CT molecular complexity index is 441. The third kappa shape index (κ3) is 1.87. The summed E-state index contributed by atoms with van der Waals surface area (Å²) in [4.78, 5) is 14.5. The van der Waals surface area contributed by atoms with Gasteiger partial charge in [-0.1, -0.05) is 31.3 Å². The molecular formula is C13H15NOS. The van der Waals surface area contributed by atoms with E-state index in [1.54, 1.807) is 4.90 Å². The summed E-state index contributed by atoms with van der Waals surface area (Å²) in [5, 5.41) is 0. The molecule has 1 aliphatic rings. The number of hydrogen-bond donors (Lipinski definition) is 0. The van der Waals surface area contributed by atoms with Crippen molar-refractivity contribution in [2.45, 2.75) is 26.7 Å². The van der Waals surface area contributed by atoms with Crippen LogP contribution in [0, 0.1) is 12.8 Å². The molecule has 16 heavy (non-hydrogen) atoms. The highest BCUT2D eigenvalue weighted by Gasteiger charge is 2.35. The second-order valence-corrected chi connectivity index (χ2v) is 4.69. The predicted octanol–water partition coefficient (Wildman–Crippen LogP) is 3.09. The number of carbonyl (C=O) groups is 1. The molecule has 0 spiro atoms. The van der Waals surface area contributed by atoms with Gasteiger partial charge in [-0.15, -0.1) is 0 Å². The van der Waals surface area contributed by atoms with Crippen LogP contribution in [0.25, 0.3) is 0 Å². The molecule has 1 aliphatic heterocycles. The maximum Gasteiger partial charge on any atom is 0.235 e. The number of nitrogens with zero attached hydrogens (tertiary/aromatic N) is 1. The van der Waals surface area contributed by atoms with E-state index >= 15 is 0 Å². The van der Waals surface area contributed by atoms with Crippen molar-refractivity contribution in [3.8, 4) is 0 Å². The van der Waals surface area contributed by atoms with Crippen LogP contribution < -0.4 is 4.90 Å². The number of aryl methyl sites for hydroxylation is 1. The van der Waals surface area contributed by atoms with Crippen molar-refractivity contribution in [3.63, 3.8) is 0 Å². The van der Waals surface area contributed by atoms with E-state index in [-0.39, 0.29) is 11.8 Å². The molecule has 1 unspecified atom stereocenters. The fourth-order valence-corrected chi connectivity index (χ4v) is 2.45. The molecule has 1 aromatic rings. The Kier molecular flexibility index (Phi) is 3.06. The first-order valence-corrected chi connectivity index (χ1v) is 5.97. The summed E-state index contributed by atoms with van der Waals surface area (Å²) in [5.41, 5.74) is 2.05. The highest BCUT2D eigenvalue weighted by Crippen LogP contribution is 2.29. The highest BCUT2D eigenvalue weighted by molar-refractivity contribution is 7.80. The largest absolute Gasteiger partial charge is 0.275 e. The van der Waals surface area contributed by atoms with E-state index in [4.69, 9.17) is 12.2 Å². The number of amides is 1. The topological polar surface area (TPSA) is 20.3 Å². The van der Waals surface area contributed by atoms with Crippen molar-refractivity contribution in [3.05, 3.63) is 29.8 Å². The van der Waals surface area contributed by atoms with E-state index in [2.05, 4.69) is 0 Å². The molecule has 84 valence electrons. The van der Waals surface area contributed by atoms with E-state index in [0.29, 0.717) is 0 Å². The summed E-state index contributed by atoms with van der Waals surface area (Å²) in [6, 6.07) is 7.92. The minimum atomic E-state index is 0.0769. The van der Waals surface area contributed by atoms with Crippen molar-refractivity contribution < 1.29 is 4.79 Å². The van der Waals surface area contributed by atoms with E-state index in [0.717, 1.165) is 29.1 Å². The average Bonchev–Trinajstić information content (AvgIpc) is 2.53. The molecule has 2 rings (SSSR count). The van der Waals surface area contributed by atoms with E-state index < -0.39 is 0 Å². The van der Waals surface area contributed by atoms with Gasteiger partial charge in [0, 0.05) is 18.0 Å². The third-order valence-corrected chi connectivity index (χ3v) is 3.34. The molecule has 1 aromatic carbocycles. The Labute approximate surface area is 101 Å². The smallest absolute Gasteiger partial charge is 0.235 e. The highest BCUT2D eigenvalue weighted by atomic mass is 32.1. The van der Waals surface area contributed by atoms with Crippen molar-refractivity contribution in [2.24, 2.45) is 5.92 Å². The quantitative estimate of drug-likeness (QED) is 0.732. The van der Waals surface area contributed by atoms with Crippen LogP contribution in [0.4, 0.5) is 5.69 Å². The molecule has 0 aromatic heterocycles.